The van der Waals surface area contributed by atoms with E-state index >= 15 is 0 Å². The summed E-state index contributed by atoms with van der Waals surface area (Å²) in [5.74, 6) is -0.410. The highest BCUT2D eigenvalue weighted by atomic mass is 32.2. The maximum absolute atomic E-state index is 12.3. The summed E-state index contributed by atoms with van der Waals surface area (Å²) < 4.78 is 32.8. The maximum Gasteiger partial charge on any atom is 0.269 e. The Morgan fingerprint density at radius 2 is 2.03 bits per heavy atom. The zero-order valence-electron chi connectivity index (χ0n) is 15.8. The van der Waals surface area contributed by atoms with E-state index in [0.29, 0.717) is 22.9 Å². The molecule has 0 saturated carbocycles. The fraction of sp³-hybridized carbons (Fsp3) is 0.111. The summed E-state index contributed by atoms with van der Waals surface area (Å²) >= 11 is 0.679. The number of furan rings is 1. The highest BCUT2D eigenvalue weighted by molar-refractivity contribution is 7.91. The molecule has 1 amide bonds. The van der Waals surface area contributed by atoms with Crippen LogP contribution in [-0.2, 0) is 14.6 Å². The fourth-order valence-electron chi connectivity index (χ4n) is 2.30. The minimum absolute atomic E-state index is 0.0644. The standard InChI is InChI=1S/C18H13N5O6S2/c1-2-31(27,28)18-21-17(30-22-18)20-16(24)12(10-19)9-14-7-8-15(29-14)11-3-5-13(6-4-11)23(25)26/h3-9H,2H2,1H3,(H,20,21,22,24)/b12-9-. The van der Waals surface area contributed by atoms with Gasteiger partial charge in [0.15, 0.2) is 0 Å². The van der Waals surface area contributed by atoms with Gasteiger partial charge in [-0.15, -0.1) is 0 Å². The molecule has 31 heavy (non-hydrogen) atoms. The highest BCUT2D eigenvalue weighted by Crippen LogP contribution is 2.25. The first-order valence-electron chi connectivity index (χ1n) is 8.57. The minimum Gasteiger partial charge on any atom is -0.457 e. The molecular weight excluding hydrogens is 446 g/mol. The lowest BCUT2D eigenvalue weighted by molar-refractivity contribution is -0.384. The van der Waals surface area contributed by atoms with E-state index in [1.165, 1.54) is 43.3 Å². The molecule has 0 atom stereocenters. The van der Waals surface area contributed by atoms with Gasteiger partial charge in [-0.2, -0.15) is 14.6 Å². The average molecular weight is 459 g/mol. The van der Waals surface area contributed by atoms with Crippen LogP contribution in [-0.4, -0.2) is 34.4 Å². The molecule has 0 aliphatic carbocycles. The Morgan fingerprint density at radius 3 is 2.65 bits per heavy atom. The molecule has 0 spiro atoms. The molecule has 0 aliphatic rings. The summed E-state index contributed by atoms with van der Waals surface area (Å²) in [4.78, 5) is 26.3. The molecule has 11 nitrogen and oxygen atoms in total. The molecule has 0 aliphatic heterocycles. The van der Waals surface area contributed by atoms with E-state index in [1.807, 2.05) is 0 Å². The van der Waals surface area contributed by atoms with Crippen molar-refractivity contribution in [3.63, 3.8) is 0 Å². The van der Waals surface area contributed by atoms with Gasteiger partial charge >= 0.3 is 0 Å². The second-order valence-corrected chi connectivity index (χ2v) is 8.84. The van der Waals surface area contributed by atoms with E-state index in [0.717, 1.165) is 0 Å². The number of nitro groups is 1. The van der Waals surface area contributed by atoms with Crippen LogP contribution in [0.4, 0.5) is 10.8 Å². The number of carbonyl (C=O) groups excluding carboxylic acids is 1. The van der Waals surface area contributed by atoms with Gasteiger partial charge in [0, 0.05) is 35.3 Å². The van der Waals surface area contributed by atoms with Crippen LogP contribution in [0.1, 0.15) is 12.7 Å². The Hall–Kier alpha value is -3.89. The summed E-state index contributed by atoms with van der Waals surface area (Å²) in [6.07, 6.45) is 1.20. The smallest absolute Gasteiger partial charge is 0.269 e. The van der Waals surface area contributed by atoms with Gasteiger partial charge < -0.3 is 4.42 Å². The largest absolute Gasteiger partial charge is 0.457 e. The fourth-order valence-corrected chi connectivity index (χ4v) is 3.89. The number of hydrogen-bond acceptors (Lipinski definition) is 10. The number of nitrogens with one attached hydrogen (secondary N) is 1. The molecule has 2 heterocycles. The van der Waals surface area contributed by atoms with Crippen molar-refractivity contribution in [2.24, 2.45) is 0 Å². The second-order valence-electron chi connectivity index (χ2n) is 5.92. The first-order chi connectivity index (χ1) is 14.7. The van der Waals surface area contributed by atoms with E-state index in [9.17, 15) is 28.6 Å². The van der Waals surface area contributed by atoms with Crippen LogP contribution in [0.25, 0.3) is 17.4 Å². The van der Waals surface area contributed by atoms with Crippen molar-refractivity contribution >= 4 is 44.2 Å². The molecule has 1 aromatic carbocycles. The molecule has 0 radical (unpaired) electrons. The molecule has 0 fully saturated rings. The van der Waals surface area contributed by atoms with Crippen LogP contribution in [0.3, 0.4) is 0 Å². The van der Waals surface area contributed by atoms with Gasteiger partial charge in [0.05, 0.1) is 10.7 Å². The summed E-state index contributed by atoms with van der Waals surface area (Å²) in [6, 6.07) is 10.5. The number of nitrogens with zero attached hydrogens (tertiary/aromatic N) is 4. The van der Waals surface area contributed by atoms with Crippen molar-refractivity contribution in [3.05, 3.63) is 57.8 Å². The third-order valence-electron chi connectivity index (χ3n) is 3.93. The predicted octanol–water partition coefficient (Wildman–Crippen LogP) is 3.05. The lowest BCUT2D eigenvalue weighted by Gasteiger charge is -1.99. The number of nitro benzene ring substituents is 1. The number of hydrogen-bond donors (Lipinski definition) is 1. The number of amides is 1. The van der Waals surface area contributed by atoms with E-state index < -0.39 is 25.8 Å². The molecule has 3 rings (SSSR count). The average Bonchev–Trinajstić information content (AvgIpc) is 3.42. The molecule has 0 bridgehead atoms. The molecule has 1 N–H and O–H groups in total. The normalized spacial score (nSPS) is 11.7. The Bertz CT molecular complexity index is 1320. The zero-order valence-corrected chi connectivity index (χ0v) is 17.4. The second kappa shape index (κ2) is 8.86. The van der Waals surface area contributed by atoms with Gasteiger partial charge in [0.1, 0.15) is 23.2 Å². The van der Waals surface area contributed by atoms with Crippen molar-refractivity contribution in [2.45, 2.75) is 12.1 Å². The third kappa shape index (κ3) is 5.00. The quantitative estimate of drug-likeness (QED) is 0.241. The van der Waals surface area contributed by atoms with E-state index in [-0.39, 0.29) is 27.9 Å². The van der Waals surface area contributed by atoms with Gasteiger partial charge in [0.2, 0.25) is 15.0 Å². The first kappa shape index (κ1) is 21.8. The van der Waals surface area contributed by atoms with Gasteiger partial charge in [-0.1, -0.05) is 6.92 Å². The molecule has 13 heteroatoms. The van der Waals surface area contributed by atoms with Crippen LogP contribution in [0, 0.1) is 21.4 Å². The molecular formula is C18H13N5O6S2. The van der Waals surface area contributed by atoms with Crippen molar-refractivity contribution in [3.8, 4) is 17.4 Å². The molecule has 3 aromatic rings. The summed E-state index contributed by atoms with van der Waals surface area (Å²) in [5, 5.41) is 21.9. The lowest BCUT2D eigenvalue weighted by Crippen LogP contribution is -2.13. The topological polar surface area (TPSA) is 169 Å². The monoisotopic (exact) mass is 459 g/mol. The molecule has 0 unspecified atom stereocenters. The Kier molecular flexibility index (Phi) is 6.23. The number of benzene rings is 1. The van der Waals surface area contributed by atoms with Gasteiger partial charge in [0.25, 0.3) is 16.8 Å². The lowest BCUT2D eigenvalue weighted by atomic mass is 10.1. The number of sulfone groups is 1. The number of aromatic nitrogens is 2. The van der Waals surface area contributed by atoms with Crippen molar-refractivity contribution in [1.82, 2.24) is 9.36 Å². The zero-order chi connectivity index (χ0) is 22.6. The van der Waals surface area contributed by atoms with Gasteiger partial charge in [-0.3, -0.25) is 20.2 Å². The Labute approximate surface area is 179 Å². The van der Waals surface area contributed by atoms with Crippen LogP contribution in [0.5, 0.6) is 0 Å². The van der Waals surface area contributed by atoms with Crippen LogP contribution >= 0.6 is 11.5 Å². The van der Waals surface area contributed by atoms with E-state index in [1.54, 1.807) is 12.1 Å². The third-order valence-corrected chi connectivity index (χ3v) is 6.17. The number of rotatable bonds is 7. The first-order valence-corrected chi connectivity index (χ1v) is 11.0. The maximum atomic E-state index is 12.3. The van der Waals surface area contributed by atoms with Crippen molar-refractivity contribution in [2.75, 3.05) is 11.1 Å². The number of non-ortho nitro benzene ring substituents is 1. The van der Waals surface area contributed by atoms with E-state index in [4.69, 9.17) is 4.42 Å². The van der Waals surface area contributed by atoms with E-state index in [2.05, 4.69) is 14.7 Å². The highest BCUT2D eigenvalue weighted by Gasteiger charge is 2.20. The number of carbonyl (C=O) groups is 1. The minimum atomic E-state index is -3.61. The molecule has 158 valence electrons. The molecule has 0 saturated heterocycles. The number of nitriles is 1. The SMILES string of the molecule is CCS(=O)(=O)c1nsc(NC(=O)/C(C#N)=C\c2ccc(-c3ccc([N+](=O)[O-])cc3)o2)n1. The van der Waals surface area contributed by atoms with Gasteiger partial charge in [-0.05, 0) is 24.3 Å². The van der Waals surface area contributed by atoms with Crippen molar-refractivity contribution < 1.29 is 22.6 Å². The van der Waals surface area contributed by atoms with Crippen LogP contribution in [0.2, 0.25) is 0 Å². The van der Waals surface area contributed by atoms with Crippen molar-refractivity contribution in [1.29, 1.82) is 5.26 Å². The summed E-state index contributed by atoms with van der Waals surface area (Å²) in [5.41, 5.74) is 0.205. The number of anilines is 1. The van der Waals surface area contributed by atoms with Crippen LogP contribution in [0.15, 0.2) is 51.5 Å². The van der Waals surface area contributed by atoms with Gasteiger partial charge in [-0.25, -0.2) is 8.42 Å². The Balaban J connectivity index is 1.77. The van der Waals surface area contributed by atoms with Crippen LogP contribution < -0.4 is 5.32 Å². The Morgan fingerprint density at radius 1 is 1.32 bits per heavy atom. The summed E-state index contributed by atoms with van der Waals surface area (Å²) in [6.45, 7) is 1.44. The predicted molar refractivity (Wildman–Crippen MR) is 111 cm³/mol. The summed E-state index contributed by atoms with van der Waals surface area (Å²) in [7, 11) is -3.61. The molecule has 2 aromatic heterocycles.